The molecule has 2 atom stereocenters. The SMILES string of the molecule is CCCC(CCC)C(=O)OCC1CCC(n2cc(F)c([NH-])nc2=O)O1.CCl.[Ir]. The number of ether oxygens (including phenoxy) is 2. The van der Waals surface area contributed by atoms with Gasteiger partial charge in [-0.15, -0.1) is 11.6 Å². The number of aromatic nitrogens is 2. The molecule has 2 heterocycles. The smallest absolute Gasteiger partial charge is 0.309 e. The molecule has 163 valence electrons. The van der Waals surface area contributed by atoms with E-state index >= 15 is 0 Å². The predicted molar refractivity (Wildman–Crippen MR) is 102 cm³/mol. The van der Waals surface area contributed by atoms with Gasteiger partial charge in [0.15, 0.2) is 0 Å². The van der Waals surface area contributed by atoms with Crippen LogP contribution < -0.4 is 5.69 Å². The quantitative estimate of drug-likeness (QED) is 0.328. The molecule has 0 aliphatic carbocycles. The van der Waals surface area contributed by atoms with Crippen molar-refractivity contribution in [2.75, 3.05) is 13.0 Å². The molecular weight excluding hydrogens is 569 g/mol. The van der Waals surface area contributed by atoms with Crippen molar-refractivity contribution in [3.63, 3.8) is 0 Å². The maximum Gasteiger partial charge on any atom is 0.309 e. The fourth-order valence-corrected chi connectivity index (χ4v) is 3.04. The molecule has 1 N–H and O–H groups in total. The van der Waals surface area contributed by atoms with Gasteiger partial charge in [-0.25, -0.2) is 4.39 Å². The Bertz CT molecular complexity index is 656. The van der Waals surface area contributed by atoms with Gasteiger partial charge in [0.25, 0.3) is 0 Å². The maximum atomic E-state index is 13.5. The summed E-state index contributed by atoms with van der Waals surface area (Å²) >= 11 is 4.64. The number of rotatable bonds is 8. The zero-order valence-corrected chi connectivity index (χ0v) is 19.5. The number of halogens is 2. The first-order valence-electron chi connectivity index (χ1n) is 9.16. The molecule has 2 rings (SSSR count). The average Bonchev–Trinajstić information content (AvgIpc) is 3.13. The minimum atomic E-state index is -0.875. The van der Waals surface area contributed by atoms with E-state index in [0.29, 0.717) is 12.8 Å². The molecule has 7 nitrogen and oxygen atoms in total. The third kappa shape index (κ3) is 7.78. The van der Waals surface area contributed by atoms with Gasteiger partial charge in [0.05, 0.1) is 12.0 Å². The Hall–Kier alpha value is -1.02. The van der Waals surface area contributed by atoms with Gasteiger partial charge in [0, 0.05) is 32.7 Å². The number of carbonyl (C=O) groups is 1. The van der Waals surface area contributed by atoms with Crippen LogP contribution in [0.3, 0.4) is 0 Å². The van der Waals surface area contributed by atoms with Crippen molar-refractivity contribution in [3.05, 3.63) is 28.2 Å². The Labute approximate surface area is 183 Å². The zero-order chi connectivity index (χ0) is 20.4. The van der Waals surface area contributed by atoms with Gasteiger partial charge in [0.1, 0.15) is 18.7 Å². The average molecular weight is 597 g/mol. The van der Waals surface area contributed by atoms with Crippen molar-refractivity contribution in [1.29, 1.82) is 0 Å². The van der Waals surface area contributed by atoms with E-state index in [4.69, 9.17) is 15.2 Å². The van der Waals surface area contributed by atoms with Crippen LogP contribution in [0, 0.1) is 11.7 Å². The van der Waals surface area contributed by atoms with E-state index in [1.165, 1.54) is 6.38 Å². The van der Waals surface area contributed by atoms with Crippen LogP contribution in [0.1, 0.15) is 58.6 Å². The van der Waals surface area contributed by atoms with Gasteiger partial charge in [-0.1, -0.05) is 26.7 Å². The number of hydrogen-bond acceptors (Lipinski definition) is 5. The summed E-state index contributed by atoms with van der Waals surface area (Å²) in [5.74, 6) is -1.85. The fourth-order valence-electron chi connectivity index (χ4n) is 3.04. The van der Waals surface area contributed by atoms with Crippen LogP contribution in [0.5, 0.6) is 0 Å². The molecule has 1 aromatic rings. The van der Waals surface area contributed by atoms with Gasteiger partial charge < -0.3 is 20.2 Å². The zero-order valence-electron chi connectivity index (χ0n) is 16.4. The second-order valence-corrected chi connectivity index (χ2v) is 6.32. The maximum absolute atomic E-state index is 13.5. The molecule has 0 aromatic carbocycles. The molecule has 0 saturated carbocycles. The van der Waals surface area contributed by atoms with Crippen molar-refractivity contribution in [2.45, 2.75) is 64.7 Å². The monoisotopic (exact) mass is 597 g/mol. The van der Waals surface area contributed by atoms with E-state index in [2.05, 4.69) is 16.6 Å². The molecule has 1 saturated heterocycles. The third-order valence-corrected chi connectivity index (χ3v) is 4.32. The topological polar surface area (TPSA) is 94.2 Å². The molecule has 1 aliphatic heterocycles. The van der Waals surface area contributed by atoms with Crippen LogP contribution in [-0.2, 0) is 34.4 Å². The minimum absolute atomic E-state index is 0. The number of nitrogens with one attached hydrogen (secondary N) is 1. The van der Waals surface area contributed by atoms with Crippen molar-refractivity contribution in [2.24, 2.45) is 5.92 Å². The first kappa shape index (κ1) is 27.0. The summed E-state index contributed by atoms with van der Waals surface area (Å²) in [7, 11) is 0. The summed E-state index contributed by atoms with van der Waals surface area (Å²) in [5.41, 5.74) is 6.47. The van der Waals surface area contributed by atoms with Gasteiger partial charge in [-0.05, 0) is 31.5 Å². The number of esters is 1. The van der Waals surface area contributed by atoms with E-state index in [-0.39, 0.29) is 44.7 Å². The largest absolute Gasteiger partial charge is 0.480 e. The van der Waals surface area contributed by atoms with Crippen LogP contribution >= 0.6 is 11.6 Å². The van der Waals surface area contributed by atoms with E-state index < -0.39 is 23.6 Å². The molecule has 1 radical (unpaired) electrons. The molecule has 1 aromatic heterocycles. The van der Waals surface area contributed by atoms with Crippen molar-refractivity contribution >= 4 is 23.4 Å². The molecule has 2 unspecified atom stereocenters. The van der Waals surface area contributed by atoms with Gasteiger partial charge in [-0.3, -0.25) is 14.2 Å². The number of nitrogens with zero attached hydrogens (tertiary/aromatic N) is 2. The van der Waals surface area contributed by atoms with Crippen LogP contribution in [0.2, 0.25) is 0 Å². The van der Waals surface area contributed by atoms with E-state index in [1.807, 2.05) is 13.8 Å². The van der Waals surface area contributed by atoms with E-state index in [0.717, 1.165) is 36.4 Å². The summed E-state index contributed by atoms with van der Waals surface area (Å²) in [4.78, 5) is 27.3. The Kier molecular flexibility index (Phi) is 13.5. The number of carbonyl (C=O) groups excluding carboxylic acids is 1. The second kappa shape index (κ2) is 14.0. The summed E-state index contributed by atoms with van der Waals surface area (Å²) in [6.07, 6.45) is 5.99. The van der Waals surface area contributed by atoms with Gasteiger partial charge >= 0.3 is 5.97 Å². The molecule has 0 bridgehead atoms. The van der Waals surface area contributed by atoms with Crippen LogP contribution in [0.25, 0.3) is 5.73 Å². The summed E-state index contributed by atoms with van der Waals surface area (Å²) in [6.45, 7) is 4.20. The Balaban J connectivity index is 0.00000235. The Morgan fingerprint density at radius 2 is 2.00 bits per heavy atom. The first-order valence-corrected chi connectivity index (χ1v) is 9.92. The van der Waals surface area contributed by atoms with Crippen molar-refractivity contribution in [3.8, 4) is 0 Å². The van der Waals surface area contributed by atoms with Crippen LogP contribution in [0.15, 0.2) is 11.0 Å². The number of hydrogen-bond donors (Lipinski definition) is 0. The van der Waals surface area contributed by atoms with Crippen molar-refractivity contribution < 1.29 is 38.8 Å². The normalized spacial score (nSPS) is 18.2. The fraction of sp³-hybridized carbons (Fsp3) is 0.722. The van der Waals surface area contributed by atoms with Crippen LogP contribution in [-0.4, -0.2) is 34.6 Å². The molecule has 1 fully saturated rings. The molecule has 10 heteroatoms. The minimum Gasteiger partial charge on any atom is -0.480 e. The Morgan fingerprint density at radius 3 is 2.57 bits per heavy atom. The summed E-state index contributed by atoms with van der Waals surface area (Å²) < 4.78 is 25.6. The third-order valence-electron chi connectivity index (χ3n) is 4.32. The van der Waals surface area contributed by atoms with Crippen LogP contribution in [0.4, 0.5) is 10.2 Å². The first-order chi connectivity index (χ1) is 13.0. The van der Waals surface area contributed by atoms with Gasteiger partial charge in [0.2, 0.25) is 5.69 Å². The van der Waals surface area contributed by atoms with E-state index in [1.54, 1.807) is 0 Å². The van der Waals surface area contributed by atoms with E-state index in [9.17, 15) is 14.0 Å². The molecule has 1 aliphatic rings. The predicted octanol–water partition coefficient (Wildman–Crippen LogP) is 4.36. The van der Waals surface area contributed by atoms with Crippen molar-refractivity contribution in [1.82, 2.24) is 9.55 Å². The molecular formula is C18H28ClFIrN3O4-. The molecule has 0 amide bonds. The summed E-state index contributed by atoms with van der Waals surface area (Å²) in [5, 5.41) is 0. The molecule has 28 heavy (non-hydrogen) atoms. The Morgan fingerprint density at radius 1 is 1.39 bits per heavy atom. The second-order valence-electron chi connectivity index (χ2n) is 6.32. The summed E-state index contributed by atoms with van der Waals surface area (Å²) in [6, 6.07) is 0. The molecule has 0 spiro atoms. The number of alkyl halides is 1. The van der Waals surface area contributed by atoms with Gasteiger partial charge in [-0.2, -0.15) is 0 Å². The standard InChI is InChI=1S/C17H26FN3O4.CH3Cl.Ir/c1-3-5-11(6-4-2)16(22)24-10-12-7-8-14(25-12)21-9-13(18)15(19)20-17(21)23;1-2;/h9,11-12,14H,3-8,10H2,1-2H3,(H2,19,20,23);1H3;/p-1.